The van der Waals surface area contributed by atoms with Crippen molar-refractivity contribution < 1.29 is 18.7 Å². The highest BCUT2D eigenvalue weighted by atomic mass is 19.2. The minimum absolute atomic E-state index is 0.0449. The standard InChI is InChI=1S/C9H4F2O2/c10-7-4-6(2-1-3-12)5-8(13)9(7)11/h3-5,13H. The Morgan fingerprint density at radius 3 is 2.62 bits per heavy atom. The lowest BCUT2D eigenvalue weighted by atomic mass is 10.2. The fourth-order valence-electron chi connectivity index (χ4n) is 0.760. The van der Waals surface area contributed by atoms with Gasteiger partial charge < -0.3 is 5.11 Å². The SMILES string of the molecule is O=CC#Cc1cc(O)c(F)c(F)c1. The molecular formula is C9H4F2O2. The van der Waals surface area contributed by atoms with Crippen LogP contribution in [0, 0.1) is 23.5 Å². The van der Waals surface area contributed by atoms with E-state index in [0.717, 1.165) is 12.1 Å². The Morgan fingerprint density at radius 1 is 1.38 bits per heavy atom. The maximum Gasteiger partial charge on any atom is 0.200 e. The molecule has 0 aliphatic carbocycles. The summed E-state index contributed by atoms with van der Waals surface area (Å²) in [6, 6.07) is 1.74. The summed E-state index contributed by atoms with van der Waals surface area (Å²) >= 11 is 0. The Morgan fingerprint density at radius 2 is 2.08 bits per heavy atom. The number of carbonyl (C=O) groups excluding carboxylic acids is 1. The lowest BCUT2D eigenvalue weighted by Gasteiger charge is -1.96. The van der Waals surface area contributed by atoms with Crippen molar-refractivity contribution in [2.45, 2.75) is 0 Å². The van der Waals surface area contributed by atoms with Crippen molar-refractivity contribution in [3.8, 4) is 17.6 Å². The lowest BCUT2D eigenvalue weighted by Crippen LogP contribution is -1.86. The first kappa shape index (κ1) is 9.20. The van der Waals surface area contributed by atoms with E-state index in [4.69, 9.17) is 5.11 Å². The topological polar surface area (TPSA) is 37.3 Å². The summed E-state index contributed by atoms with van der Waals surface area (Å²) in [6.45, 7) is 0. The molecule has 0 bridgehead atoms. The largest absolute Gasteiger partial charge is 0.505 e. The van der Waals surface area contributed by atoms with E-state index in [2.05, 4.69) is 5.92 Å². The molecule has 0 atom stereocenters. The van der Waals surface area contributed by atoms with Crippen LogP contribution in [-0.2, 0) is 4.79 Å². The predicted molar refractivity (Wildman–Crippen MR) is 41.0 cm³/mol. The molecule has 0 heterocycles. The molecule has 0 spiro atoms. The third-order valence-electron chi connectivity index (χ3n) is 1.28. The lowest BCUT2D eigenvalue weighted by molar-refractivity contribution is -0.103. The van der Waals surface area contributed by atoms with Gasteiger partial charge in [-0.1, -0.05) is 5.92 Å². The van der Waals surface area contributed by atoms with Gasteiger partial charge in [-0.3, -0.25) is 4.79 Å². The van der Waals surface area contributed by atoms with E-state index < -0.39 is 17.4 Å². The van der Waals surface area contributed by atoms with Gasteiger partial charge >= 0.3 is 0 Å². The summed E-state index contributed by atoms with van der Waals surface area (Å²) in [6.07, 6.45) is 0.318. The first-order valence-corrected chi connectivity index (χ1v) is 3.28. The monoisotopic (exact) mass is 182 g/mol. The Labute approximate surface area is 72.8 Å². The van der Waals surface area contributed by atoms with Gasteiger partial charge in [-0.25, -0.2) is 4.39 Å². The summed E-state index contributed by atoms with van der Waals surface area (Å²) in [7, 11) is 0. The van der Waals surface area contributed by atoms with Crippen LogP contribution in [0.3, 0.4) is 0 Å². The van der Waals surface area contributed by atoms with Gasteiger partial charge in [0.2, 0.25) is 0 Å². The van der Waals surface area contributed by atoms with Gasteiger partial charge in [0.15, 0.2) is 23.7 Å². The molecule has 13 heavy (non-hydrogen) atoms. The fraction of sp³-hybridized carbons (Fsp3) is 0. The molecule has 1 rings (SSSR count). The van der Waals surface area contributed by atoms with Crippen LogP contribution in [0.1, 0.15) is 5.56 Å². The molecule has 0 saturated carbocycles. The first-order chi connectivity index (χ1) is 6.15. The van der Waals surface area contributed by atoms with E-state index in [1.54, 1.807) is 0 Å². The van der Waals surface area contributed by atoms with Crippen molar-refractivity contribution in [2.75, 3.05) is 0 Å². The highest BCUT2D eigenvalue weighted by molar-refractivity contribution is 5.74. The number of phenols is 1. The van der Waals surface area contributed by atoms with E-state index in [1.807, 2.05) is 5.92 Å². The second kappa shape index (κ2) is 3.68. The Kier molecular flexibility index (Phi) is 2.60. The molecule has 0 saturated heterocycles. The second-order valence-corrected chi connectivity index (χ2v) is 2.18. The van der Waals surface area contributed by atoms with Crippen molar-refractivity contribution in [1.29, 1.82) is 0 Å². The highest BCUT2D eigenvalue weighted by Crippen LogP contribution is 2.19. The first-order valence-electron chi connectivity index (χ1n) is 3.28. The average molecular weight is 182 g/mol. The number of halogens is 2. The molecule has 0 fully saturated rings. The summed E-state index contributed by atoms with van der Waals surface area (Å²) in [5.74, 6) is 0.881. The number of hydrogen-bond donors (Lipinski definition) is 1. The Bertz CT molecular complexity index is 379. The number of hydrogen-bond acceptors (Lipinski definition) is 2. The number of carbonyl (C=O) groups is 1. The van der Waals surface area contributed by atoms with Crippen molar-refractivity contribution in [3.63, 3.8) is 0 Å². The Hall–Kier alpha value is -1.89. The van der Waals surface area contributed by atoms with Crippen molar-refractivity contribution >= 4 is 6.29 Å². The van der Waals surface area contributed by atoms with Crippen LogP contribution >= 0.6 is 0 Å². The summed E-state index contributed by atoms with van der Waals surface area (Å²) in [4.78, 5) is 9.81. The van der Waals surface area contributed by atoms with E-state index in [1.165, 1.54) is 0 Å². The van der Waals surface area contributed by atoms with E-state index >= 15 is 0 Å². The molecule has 4 heteroatoms. The van der Waals surface area contributed by atoms with Crippen LogP contribution in [0.15, 0.2) is 12.1 Å². The van der Waals surface area contributed by atoms with Gasteiger partial charge in [0, 0.05) is 5.56 Å². The number of benzene rings is 1. The minimum atomic E-state index is -1.32. The average Bonchev–Trinajstić information content (AvgIpc) is 2.10. The van der Waals surface area contributed by atoms with Gasteiger partial charge in [-0.2, -0.15) is 4.39 Å². The molecule has 1 aromatic rings. The number of aromatic hydroxyl groups is 1. The smallest absolute Gasteiger partial charge is 0.200 e. The van der Waals surface area contributed by atoms with Crippen LogP contribution in [0.5, 0.6) is 5.75 Å². The van der Waals surface area contributed by atoms with Crippen LogP contribution in [-0.4, -0.2) is 11.4 Å². The predicted octanol–water partition coefficient (Wildman–Crippen LogP) is 1.22. The van der Waals surface area contributed by atoms with Crippen molar-refractivity contribution in [3.05, 3.63) is 29.3 Å². The Balaban J connectivity index is 3.20. The van der Waals surface area contributed by atoms with Crippen LogP contribution in [0.2, 0.25) is 0 Å². The van der Waals surface area contributed by atoms with Crippen LogP contribution in [0.4, 0.5) is 8.78 Å². The second-order valence-electron chi connectivity index (χ2n) is 2.18. The zero-order valence-electron chi connectivity index (χ0n) is 6.34. The van der Waals surface area contributed by atoms with Gasteiger partial charge in [-0.15, -0.1) is 0 Å². The third-order valence-corrected chi connectivity index (χ3v) is 1.28. The molecule has 0 amide bonds. The minimum Gasteiger partial charge on any atom is -0.505 e. The molecule has 0 aromatic heterocycles. The van der Waals surface area contributed by atoms with E-state index in [0.29, 0.717) is 6.29 Å². The van der Waals surface area contributed by atoms with Gasteiger partial charge in [0.25, 0.3) is 0 Å². The zero-order chi connectivity index (χ0) is 9.84. The highest BCUT2D eigenvalue weighted by Gasteiger charge is 2.07. The van der Waals surface area contributed by atoms with E-state index in [9.17, 15) is 13.6 Å². The zero-order valence-corrected chi connectivity index (χ0v) is 6.34. The number of phenolic OH excluding ortho intramolecular Hbond substituents is 1. The van der Waals surface area contributed by atoms with Crippen molar-refractivity contribution in [2.24, 2.45) is 0 Å². The van der Waals surface area contributed by atoms with E-state index in [-0.39, 0.29) is 5.56 Å². The quantitative estimate of drug-likeness (QED) is 0.483. The molecule has 1 N–H and O–H groups in total. The molecule has 0 radical (unpaired) electrons. The summed E-state index contributed by atoms with van der Waals surface area (Å²) in [5, 5.41) is 8.81. The van der Waals surface area contributed by atoms with Gasteiger partial charge in [0.05, 0.1) is 0 Å². The van der Waals surface area contributed by atoms with Gasteiger partial charge in [-0.05, 0) is 18.1 Å². The fourth-order valence-corrected chi connectivity index (χ4v) is 0.760. The molecule has 0 aliphatic heterocycles. The molecule has 0 unspecified atom stereocenters. The van der Waals surface area contributed by atoms with Crippen LogP contribution < -0.4 is 0 Å². The number of aldehydes is 1. The molecule has 2 nitrogen and oxygen atoms in total. The number of rotatable bonds is 0. The summed E-state index contributed by atoms with van der Waals surface area (Å²) in [5.41, 5.74) is 0.0449. The molecule has 1 aromatic carbocycles. The molecular weight excluding hydrogens is 178 g/mol. The van der Waals surface area contributed by atoms with Crippen LogP contribution in [0.25, 0.3) is 0 Å². The maximum atomic E-state index is 12.6. The molecule has 0 aliphatic rings. The van der Waals surface area contributed by atoms with Crippen molar-refractivity contribution in [1.82, 2.24) is 0 Å². The maximum absolute atomic E-state index is 12.6. The molecule has 66 valence electrons. The van der Waals surface area contributed by atoms with Gasteiger partial charge in [0.1, 0.15) is 0 Å². The summed E-state index contributed by atoms with van der Waals surface area (Å²) < 4.78 is 25.1. The normalized spacial score (nSPS) is 8.77. The third kappa shape index (κ3) is 2.03.